The number of pyridine rings is 1. The number of nitrogens with zero attached hydrogens (tertiary/aromatic N) is 2. The predicted molar refractivity (Wildman–Crippen MR) is 90.7 cm³/mol. The van der Waals surface area contributed by atoms with E-state index in [1.165, 1.54) is 19.2 Å². The molecule has 0 fully saturated rings. The number of hydrogen-bond acceptors (Lipinski definition) is 5. The summed E-state index contributed by atoms with van der Waals surface area (Å²) in [4.78, 5) is 15.0. The molecule has 7 heteroatoms. The normalized spacial score (nSPS) is 10.6. The first-order chi connectivity index (χ1) is 11.6. The molecule has 3 aromatic rings. The van der Waals surface area contributed by atoms with E-state index >= 15 is 0 Å². The Labute approximate surface area is 142 Å². The summed E-state index contributed by atoms with van der Waals surface area (Å²) in [6, 6.07) is 11.7. The van der Waals surface area contributed by atoms with E-state index < -0.39 is 4.92 Å². The Hall–Kier alpha value is -2.86. The maximum absolute atomic E-state index is 11.2. The molecule has 0 aliphatic heterocycles. The highest BCUT2D eigenvalue weighted by Crippen LogP contribution is 2.32. The van der Waals surface area contributed by atoms with Gasteiger partial charge in [0.15, 0.2) is 5.75 Å². The quantitative estimate of drug-likeness (QED) is 0.507. The second-order valence-electron chi connectivity index (χ2n) is 4.99. The highest BCUT2D eigenvalue weighted by atomic mass is 35.5. The van der Waals surface area contributed by atoms with Crippen LogP contribution >= 0.6 is 11.6 Å². The topological polar surface area (TPSA) is 74.5 Å². The smallest absolute Gasteiger partial charge is 0.314 e. The highest BCUT2D eigenvalue weighted by Gasteiger charge is 2.17. The number of ether oxygens (including phenoxy) is 2. The number of nitro groups is 1. The van der Waals surface area contributed by atoms with Crippen LogP contribution in [-0.2, 0) is 6.61 Å². The average molecular weight is 345 g/mol. The predicted octanol–water partition coefficient (Wildman–Crippen LogP) is 4.38. The Balaban J connectivity index is 1.92. The van der Waals surface area contributed by atoms with Gasteiger partial charge in [-0.3, -0.25) is 15.1 Å². The van der Waals surface area contributed by atoms with Crippen LogP contribution in [0, 0.1) is 10.1 Å². The zero-order chi connectivity index (χ0) is 17.1. The highest BCUT2D eigenvalue weighted by molar-refractivity contribution is 6.35. The van der Waals surface area contributed by atoms with Crippen molar-refractivity contribution in [3.63, 3.8) is 0 Å². The van der Waals surface area contributed by atoms with Crippen LogP contribution < -0.4 is 9.47 Å². The first-order valence-corrected chi connectivity index (χ1v) is 7.45. The van der Waals surface area contributed by atoms with Crippen molar-refractivity contribution < 1.29 is 14.4 Å². The average Bonchev–Trinajstić information content (AvgIpc) is 2.61. The fourth-order valence-corrected chi connectivity index (χ4v) is 2.57. The number of fused-ring (bicyclic) bond motifs is 1. The fraction of sp³-hybridized carbons (Fsp3) is 0.118. The van der Waals surface area contributed by atoms with Gasteiger partial charge in [0.05, 0.1) is 23.6 Å². The molecule has 24 heavy (non-hydrogen) atoms. The van der Waals surface area contributed by atoms with Gasteiger partial charge in [-0.1, -0.05) is 17.7 Å². The largest absolute Gasteiger partial charge is 0.496 e. The monoisotopic (exact) mass is 344 g/mol. The molecular formula is C17H13ClN2O4. The minimum absolute atomic E-state index is 0.137. The van der Waals surface area contributed by atoms with Crippen molar-refractivity contribution >= 4 is 28.2 Å². The molecule has 0 saturated carbocycles. The van der Waals surface area contributed by atoms with Crippen molar-refractivity contribution in [2.24, 2.45) is 0 Å². The van der Waals surface area contributed by atoms with E-state index in [2.05, 4.69) is 4.98 Å². The van der Waals surface area contributed by atoms with Crippen molar-refractivity contribution in [3.05, 3.63) is 69.4 Å². The number of aromatic nitrogens is 1. The zero-order valence-corrected chi connectivity index (χ0v) is 13.5. The number of halogens is 1. The van der Waals surface area contributed by atoms with Gasteiger partial charge in [-0.25, -0.2) is 0 Å². The lowest BCUT2D eigenvalue weighted by atomic mass is 10.1. The van der Waals surface area contributed by atoms with Crippen LogP contribution in [0.5, 0.6) is 11.5 Å². The molecule has 0 saturated heterocycles. The van der Waals surface area contributed by atoms with Gasteiger partial charge in [-0.15, -0.1) is 0 Å². The molecule has 0 bridgehead atoms. The van der Waals surface area contributed by atoms with Crippen LogP contribution in [0.2, 0.25) is 5.02 Å². The molecule has 2 aromatic carbocycles. The van der Waals surface area contributed by atoms with E-state index in [0.29, 0.717) is 16.3 Å². The molecule has 0 aliphatic rings. The van der Waals surface area contributed by atoms with Crippen LogP contribution in [0.3, 0.4) is 0 Å². The maximum Gasteiger partial charge on any atom is 0.314 e. The molecule has 6 nitrogen and oxygen atoms in total. The summed E-state index contributed by atoms with van der Waals surface area (Å²) < 4.78 is 10.7. The standard InChI is InChI=1S/C17H13ClN2O4/c1-23-12-5-7-16(15(9-12)20(21)22)24-10-11-4-6-14(18)13-3-2-8-19-17(11)13/h2-9H,10H2,1H3. The van der Waals surface area contributed by atoms with Gasteiger partial charge in [0.1, 0.15) is 12.4 Å². The van der Waals surface area contributed by atoms with E-state index in [1.807, 2.05) is 6.07 Å². The number of methoxy groups -OCH3 is 1. The summed E-state index contributed by atoms with van der Waals surface area (Å²) in [5.74, 6) is 0.562. The SMILES string of the molecule is COc1ccc(OCc2ccc(Cl)c3cccnc23)c([N+](=O)[O-])c1. The lowest BCUT2D eigenvalue weighted by Gasteiger charge is -2.10. The molecule has 1 aromatic heterocycles. The van der Waals surface area contributed by atoms with E-state index in [0.717, 1.165) is 10.9 Å². The van der Waals surface area contributed by atoms with Crippen molar-refractivity contribution in [3.8, 4) is 11.5 Å². The number of benzene rings is 2. The van der Waals surface area contributed by atoms with Crippen molar-refractivity contribution in [1.29, 1.82) is 0 Å². The number of hydrogen-bond donors (Lipinski definition) is 0. The fourth-order valence-electron chi connectivity index (χ4n) is 2.36. The Morgan fingerprint density at radius 3 is 2.83 bits per heavy atom. The lowest BCUT2D eigenvalue weighted by molar-refractivity contribution is -0.386. The summed E-state index contributed by atoms with van der Waals surface area (Å²) in [5.41, 5.74) is 1.35. The van der Waals surface area contributed by atoms with Crippen LogP contribution in [0.4, 0.5) is 5.69 Å². The van der Waals surface area contributed by atoms with Gasteiger partial charge < -0.3 is 9.47 Å². The Morgan fingerprint density at radius 1 is 1.25 bits per heavy atom. The molecule has 0 atom stereocenters. The molecule has 122 valence electrons. The third-order valence-corrected chi connectivity index (χ3v) is 3.88. The molecule has 0 amide bonds. The van der Waals surface area contributed by atoms with Crippen LogP contribution in [-0.4, -0.2) is 17.0 Å². The van der Waals surface area contributed by atoms with Gasteiger partial charge in [-0.2, -0.15) is 0 Å². The molecule has 0 unspecified atom stereocenters. The number of nitro benzene ring substituents is 1. The molecule has 0 N–H and O–H groups in total. The summed E-state index contributed by atoms with van der Waals surface area (Å²) in [7, 11) is 1.45. The van der Waals surface area contributed by atoms with Crippen LogP contribution in [0.25, 0.3) is 10.9 Å². The Bertz CT molecular complexity index is 914. The van der Waals surface area contributed by atoms with Crippen LogP contribution in [0.15, 0.2) is 48.7 Å². The number of rotatable bonds is 5. The summed E-state index contributed by atoms with van der Waals surface area (Å²) >= 11 is 6.16. The third kappa shape index (κ3) is 3.09. The molecular weight excluding hydrogens is 332 g/mol. The Morgan fingerprint density at radius 2 is 2.08 bits per heavy atom. The van der Waals surface area contributed by atoms with E-state index in [9.17, 15) is 10.1 Å². The van der Waals surface area contributed by atoms with Crippen molar-refractivity contribution in [1.82, 2.24) is 4.98 Å². The lowest BCUT2D eigenvalue weighted by Crippen LogP contribution is -2.01. The van der Waals surface area contributed by atoms with Gasteiger partial charge >= 0.3 is 5.69 Å². The minimum Gasteiger partial charge on any atom is -0.496 e. The third-order valence-electron chi connectivity index (χ3n) is 3.55. The van der Waals surface area contributed by atoms with Crippen molar-refractivity contribution in [2.45, 2.75) is 6.61 Å². The molecule has 1 heterocycles. The van der Waals surface area contributed by atoms with E-state index in [-0.39, 0.29) is 18.0 Å². The van der Waals surface area contributed by atoms with Crippen molar-refractivity contribution in [2.75, 3.05) is 7.11 Å². The maximum atomic E-state index is 11.2. The first-order valence-electron chi connectivity index (χ1n) is 7.07. The molecule has 0 spiro atoms. The van der Waals surface area contributed by atoms with Crippen LogP contribution in [0.1, 0.15) is 5.56 Å². The summed E-state index contributed by atoms with van der Waals surface area (Å²) in [6.07, 6.45) is 1.66. The van der Waals surface area contributed by atoms with Gasteiger partial charge in [0, 0.05) is 22.2 Å². The first kappa shape index (κ1) is 16.0. The van der Waals surface area contributed by atoms with E-state index in [4.69, 9.17) is 21.1 Å². The van der Waals surface area contributed by atoms with E-state index in [1.54, 1.807) is 30.5 Å². The Kier molecular flexibility index (Phi) is 4.48. The molecule has 0 radical (unpaired) electrons. The van der Waals surface area contributed by atoms with Gasteiger partial charge in [0.25, 0.3) is 0 Å². The summed E-state index contributed by atoms with van der Waals surface area (Å²) in [5, 5.41) is 12.6. The molecule has 3 rings (SSSR count). The second-order valence-corrected chi connectivity index (χ2v) is 5.39. The van der Waals surface area contributed by atoms with Gasteiger partial charge in [0.2, 0.25) is 0 Å². The second kappa shape index (κ2) is 6.72. The molecule has 0 aliphatic carbocycles. The van der Waals surface area contributed by atoms with Gasteiger partial charge in [-0.05, 0) is 30.3 Å². The summed E-state index contributed by atoms with van der Waals surface area (Å²) in [6.45, 7) is 0.137. The minimum atomic E-state index is -0.504. The zero-order valence-electron chi connectivity index (χ0n) is 12.7.